The van der Waals surface area contributed by atoms with Gasteiger partial charge in [-0.2, -0.15) is 0 Å². The molecular weight excluding hydrogens is 260 g/mol. The summed E-state index contributed by atoms with van der Waals surface area (Å²) >= 11 is 0.987. The lowest BCUT2D eigenvalue weighted by molar-refractivity contribution is -0.0184. The lowest BCUT2D eigenvalue weighted by Gasteiger charge is -2.33. The number of carbonyl (C=O) groups excluding carboxylic acids is 1. The molecule has 1 saturated heterocycles. The van der Waals surface area contributed by atoms with Crippen molar-refractivity contribution in [2.75, 3.05) is 26.4 Å². The van der Waals surface area contributed by atoms with Crippen molar-refractivity contribution in [2.24, 2.45) is 0 Å². The molecule has 1 aliphatic heterocycles. The van der Waals surface area contributed by atoms with Crippen LogP contribution in [0.4, 0.5) is 0 Å². The van der Waals surface area contributed by atoms with E-state index in [4.69, 9.17) is 14.9 Å². The van der Waals surface area contributed by atoms with E-state index in [0.717, 1.165) is 11.3 Å². The number of nitrogens with zero attached hydrogens (tertiary/aromatic N) is 2. The Labute approximate surface area is 107 Å². The Kier molecular flexibility index (Phi) is 3.90. The number of ether oxygens (including phenoxy) is 1. The molecule has 1 amide bonds. The number of aliphatic hydroxyl groups is 1. The highest BCUT2D eigenvalue weighted by Crippen LogP contribution is 2.16. The number of aromatic nitrogens is 1. The smallest absolute Gasteiger partial charge is 0.355 e. The number of carboxylic acid groups (broad SMARTS) is 1. The van der Waals surface area contributed by atoms with Crippen LogP contribution in [-0.4, -0.2) is 64.4 Å². The molecule has 8 heteroatoms. The maximum Gasteiger partial charge on any atom is 0.355 e. The summed E-state index contributed by atoms with van der Waals surface area (Å²) < 4.78 is 5.17. The first-order valence-corrected chi connectivity index (χ1v) is 6.20. The van der Waals surface area contributed by atoms with E-state index < -0.39 is 12.0 Å². The van der Waals surface area contributed by atoms with E-state index in [2.05, 4.69) is 4.98 Å². The monoisotopic (exact) mass is 272 g/mol. The first-order chi connectivity index (χ1) is 8.63. The first-order valence-electron chi connectivity index (χ1n) is 5.32. The van der Waals surface area contributed by atoms with Crippen LogP contribution in [0.2, 0.25) is 0 Å². The Morgan fingerprint density at radius 2 is 2.39 bits per heavy atom. The largest absolute Gasteiger partial charge is 0.476 e. The van der Waals surface area contributed by atoms with Gasteiger partial charge in [-0.3, -0.25) is 4.79 Å². The molecule has 0 saturated carbocycles. The lowest BCUT2D eigenvalue weighted by Crippen LogP contribution is -2.50. The average Bonchev–Trinajstić information content (AvgIpc) is 2.87. The molecule has 0 bridgehead atoms. The molecule has 1 aliphatic rings. The summed E-state index contributed by atoms with van der Waals surface area (Å²) in [7, 11) is 0. The number of aliphatic hydroxyl groups excluding tert-OH is 1. The topological polar surface area (TPSA) is 100.0 Å². The van der Waals surface area contributed by atoms with Gasteiger partial charge in [0, 0.05) is 11.9 Å². The highest BCUT2D eigenvalue weighted by atomic mass is 32.1. The highest BCUT2D eigenvalue weighted by molar-refractivity contribution is 7.11. The number of carboxylic acids is 1. The fourth-order valence-electron chi connectivity index (χ4n) is 1.67. The lowest BCUT2D eigenvalue weighted by atomic mass is 10.2. The van der Waals surface area contributed by atoms with Crippen molar-refractivity contribution in [3.63, 3.8) is 0 Å². The van der Waals surface area contributed by atoms with Crippen molar-refractivity contribution in [3.8, 4) is 0 Å². The van der Waals surface area contributed by atoms with Gasteiger partial charge in [-0.05, 0) is 0 Å². The van der Waals surface area contributed by atoms with Crippen LogP contribution in [0.3, 0.4) is 0 Å². The fourth-order valence-corrected chi connectivity index (χ4v) is 2.41. The summed E-state index contributed by atoms with van der Waals surface area (Å²) in [6.07, 6.45) is 0. The maximum atomic E-state index is 12.1. The van der Waals surface area contributed by atoms with Crippen LogP contribution in [0, 0.1) is 0 Å². The Morgan fingerprint density at radius 3 is 3.00 bits per heavy atom. The standard InChI is InChI=1S/C10H12N2O5S/c13-3-6-4-17-2-1-12(6)9(14)8-11-7(5-18-8)10(15)16/h5-6,13H,1-4H2,(H,15,16). The van der Waals surface area contributed by atoms with Gasteiger partial charge in [-0.25, -0.2) is 9.78 Å². The van der Waals surface area contributed by atoms with Crippen LogP contribution in [0.15, 0.2) is 5.38 Å². The van der Waals surface area contributed by atoms with Gasteiger partial charge in [0.05, 0.1) is 25.9 Å². The van der Waals surface area contributed by atoms with Gasteiger partial charge in [0.2, 0.25) is 0 Å². The number of carbonyl (C=O) groups is 2. The number of rotatable bonds is 3. The number of hydrogen-bond donors (Lipinski definition) is 2. The van der Waals surface area contributed by atoms with Crippen LogP contribution in [0.25, 0.3) is 0 Å². The van der Waals surface area contributed by atoms with Crippen LogP contribution in [0.1, 0.15) is 20.3 Å². The number of hydrogen-bond acceptors (Lipinski definition) is 6. The molecular formula is C10H12N2O5S. The third-order valence-corrected chi connectivity index (χ3v) is 3.44. The average molecular weight is 272 g/mol. The first kappa shape index (κ1) is 12.9. The summed E-state index contributed by atoms with van der Waals surface area (Å²) in [5, 5.41) is 19.4. The molecule has 0 aliphatic carbocycles. The van der Waals surface area contributed by atoms with Gasteiger partial charge in [0.1, 0.15) is 0 Å². The van der Waals surface area contributed by atoms with Gasteiger partial charge in [0.25, 0.3) is 5.91 Å². The molecule has 0 spiro atoms. The second-order valence-corrected chi connectivity index (χ2v) is 4.61. The predicted octanol–water partition coefficient (Wildman–Crippen LogP) is -0.325. The molecule has 1 aromatic heterocycles. The van der Waals surface area contributed by atoms with Gasteiger partial charge in [-0.15, -0.1) is 11.3 Å². The van der Waals surface area contributed by atoms with E-state index in [-0.39, 0.29) is 29.8 Å². The summed E-state index contributed by atoms with van der Waals surface area (Å²) in [5.74, 6) is -1.53. The van der Waals surface area contributed by atoms with E-state index in [1.165, 1.54) is 10.3 Å². The van der Waals surface area contributed by atoms with Crippen molar-refractivity contribution in [3.05, 3.63) is 16.1 Å². The maximum absolute atomic E-state index is 12.1. The zero-order valence-corrected chi connectivity index (χ0v) is 10.2. The fraction of sp³-hybridized carbons (Fsp3) is 0.500. The molecule has 0 aromatic carbocycles. The number of amides is 1. The Morgan fingerprint density at radius 1 is 1.61 bits per heavy atom. The van der Waals surface area contributed by atoms with E-state index in [1.807, 2.05) is 0 Å². The molecule has 18 heavy (non-hydrogen) atoms. The Bertz CT molecular complexity index is 461. The van der Waals surface area contributed by atoms with Crippen LogP contribution in [-0.2, 0) is 4.74 Å². The molecule has 2 N–H and O–H groups in total. The number of morpholine rings is 1. The molecule has 2 rings (SSSR count). The number of thiazole rings is 1. The van der Waals surface area contributed by atoms with Crippen molar-refractivity contribution >= 4 is 23.2 Å². The van der Waals surface area contributed by atoms with Crippen molar-refractivity contribution in [2.45, 2.75) is 6.04 Å². The summed E-state index contributed by atoms with van der Waals surface area (Å²) in [5.41, 5.74) is -0.142. The minimum absolute atomic E-state index is 0.118. The molecule has 7 nitrogen and oxygen atoms in total. The molecule has 1 fully saturated rings. The molecule has 98 valence electrons. The van der Waals surface area contributed by atoms with Crippen molar-refractivity contribution in [1.82, 2.24) is 9.88 Å². The number of aromatic carboxylic acids is 1. The Balaban J connectivity index is 2.15. The molecule has 2 heterocycles. The van der Waals surface area contributed by atoms with Gasteiger partial charge in [0.15, 0.2) is 10.7 Å². The summed E-state index contributed by atoms with van der Waals surface area (Å²) in [6.45, 7) is 0.855. The minimum atomic E-state index is -1.16. The second kappa shape index (κ2) is 5.42. The predicted molar refractivity (Wildman–Crippen MR) is 61.8 cm³/mol. The van der Waals surface area contributed by atoms with Crippen LogP contribution in [0.5, 0.6) is 0 Å². The highest BCUT2D eigenvalue weighted by Gasteiger charge is 2.29. The zero-order valence-electron chi connectivity index (χ0n) is 9.40. The van der Waals surface area contributed by atoms with E-state index >= 15 is 0 Å². The SMILES string of the molecule is O=C(O)c1csc(C(=O)N2CCOCC2CO)n1. The van der Waals surface area contributed by atoms with Gasteiger partial charge in [-0.1, -0.05) is 0 Å². The zero-order chi connectivity index (χ0) is 13.1. The second-order valence-electron chi connectivity index (χ2n) is 3.75. The third-order valence-electron chi connectivity index (χ3n) is 2.61. The molecule has 1 unspecified atom stereocenters. The van der Waals surface area contributed by atoms with Crippen LogP contribution < -0.4 is 0 Å². The van der Waals surface area contributed by atoms with E-state index in [9.17, 15) is 9.59 Å². The molecule has 0 radical (unpaired) electrons. The van der Waals surface area contributed by atoms with Crippen molar-refractivity contribution < 1.29 is 24.5 Å². The Hall–Kier alpha value is -1.51. The summed E-state index contributed by atoms with van der Waals surface area (Å²) in [4.78, 5) is 28.0. The van der Waals surface area contributed by atoms with Crippen molar-refractivity contribution in [1.29, 1.82) is 0 Å². The quantitative estimate of drug-likeness (QED) is 0.782. The molecule has 1 atom stereocenters. The van der Waals surface area contributed by atoms with Gasteiger partial charge < -0.3 is 19.8 Å². The van der Waals surface area contributed by atoms with E-state index in [1.54, 1.807) is 0 Å². The van der Waals surface area contributed by atoms with E-state index in [0.29, 0.717) is 13.2 Å². The minimum Gasteiger partial charge on any atom is -0.476 e. The normalized spacial score (nSPS) is 19.8. The summed E-state index contributed by atoms with van der Waals surface area (Å²) in [6, 6.07) is -0.400. The van der Waals surface area contributed by atoms with Gasteiger partial charge >= 0.3 is 5.97 Å². The van der Waals surface area contributed by atoms with Crippen LogP contribution >= 0.6 is 11.3 Å². The molecule has 1 aromatic rings. The third kappa shape index (κ3) is 2.50.